The van der Waals surface area contributed by atoms with Crippen molar-refractivity contribution in [3.8, 4) is 0 Å². The van der Waals surface area contributed by atoms with Crippen molar-refractivity contribution in [3.05, 3.63) is 42.6 Å². The molecule has 1 aromatic carbocycles. The second-order valence-corrected chi connectivity index (χ2v) is 3.93. The number of aliphatic imine (C=N–C) groups is 2. The maximum atomic E-state index is 5.51. The zero-order chi connectivity index (χ0) is 12.4. The summed E-state index contributed by atoms with van der Waals surface area (Å²) in [4.78, 5) is 10.4. The van der Waals surface area contributed by atoms with E-state index in [0.717, 1.165) is 5.69 Å². The van der Waals surface area contributed by atoms with E-state index in [4.69, 9.17) is 9.47 Å². The fourth-order valence-corrected chi connectivity index (χ4v) is 1.80. The smallest absolute Gasteiger partial charge is 0.305 e. The molecule has 0 atom stereocenters. The van der Waals surface area contributed by atoms with Crippen molar-refractivity contribution in [2.24, 2.45) is 9.98 Å². The molecule has 3 rings (SSSR count). The Balaban J connectivity index is 1.99. The molecule has 18 heavy (non-hydrogen) atoms. The van der Waals surface area contributed by atoms with Gasteiger partial charge >= 0.3 is 12.0 Å². The molecule has 0 bridgehead atoms. The van der Waals surface area contributed by atoms with Gasteiger partial charge in [0.15, 0.2) is 0 Å². The van der Waals surface area contributed by atoms with E-state index >= 15 is 0 Å². The summed E-state index contributed by atoms with van der Waals surface area (Å²) >= 11 is 0. The Morgan fingerprint density at radius 3 is 2.56 bits per heavy atom. The Morgan fingerprint density at radius 2 is 1.94 bits per heavy atom. The third kappa shape index (κ3) is 1.95. The van der Waals surface area contributed by atoms with Crippen LogP contribution < -0.4 is 4.90 Å². The Labute approximate surface area is 105 Å². The summed E-state index contributed by atoms with van der Waals surface area (Å²) in [5.41, 5.74) is 1.61. The molecule has 0 spiro atoms. The van der Waals surface area contributed by atoms with Gasteiger partial charge in [-0.05, 0) is 12.1 Å². The number of amidine groups is 2. The van der Waals surface area contributed by atoms with Gasteiger partial charge in [-0.25, -0.2) is 9.89 Å². The van der Waals surface area contributed by atoms with E-state index in [1.807, 2.05) is 30.3 Å². The van der Waals surface area contributed by atoms with Crippen LogP contribution in [0.3, 0.4) is 0 Å². The van der Waals surface area contributed by atoms with Crippen molar-refractivity contribution in [1.29, 1.82) is 0 Å². The molecule has 0 fully saturated rings. The molecule has 0 saturated heterocycles. The SMILES string of the molecule is C=C1COC(N(C2=NCCO2)c2ccccc2)=N1. The van der Waals surface area contributed by atoms with Crippen LogP contribution >= 0.6 is 0 Å². The monoisotopic (exact) mass is 243 g/mol. The molecule has 0 amide bonds. The summed E-state index contributed by atoms with van der Waals surface area (Å²) in [5.74, 6) is 0. The first-order valence-corrected chi connectivity index (χ1v) is 5.76. The topological polar surface area (TPSA) is 46.4 Å². The minimum absolute atomic E-state index is 0.409. The zero-order valence-electron chi connectivity index (χ0n) is 9.87. The highest BCUT2D eigenvalue weighted by Crippen LogP contribution is 2.20. The number of benzene rings is 1. The Morgan fingerprint density at radius 1 is 1.11 bits per heavy atom. The van der Waals surface area contributed by atoms with Crippen LogP contribution in [0.1, 0.15) is 0 Å². The van der Waals surface area contributed by atoms with Gasteiger partial charge in [0, 0.05) is 0 Å². The summed E-state index contributed by atoms with van der Waals surface area (Å²) in [7, 11) is 0. The summed E-state index contributed by atoms with van der Waals surface area (Å²) in [6.45, 7) is 5.45. The van der Waals surface area contributed by atoms with Gasteiger partial charge in [-0.2, -0.15) is 4.99 Å². The van der Waals surface area contributed by atoms with Gasteiger partial charge in [-0.1, -0.05) is 24.8 Å². The molecule has 0 radical (unpaired) electrons. The highest BCUT2D eigenvalue weighted by Gasteiger charge is 2.27. The molecule has 0 aromatic heterocycles. The third-order valence-corrected chi connectivity index (χ3v) is 2.59. The number of hydrogen-bond donors (Lipinski definition) is 0. The minimum Gasteiger partial charge on any atom is -0.463 e. The normalized spacial score (nSPS) is 17.9. The predicted molar refractivity (Wildman–Crippen MR) is 69.7 cm³/mol. The van der Waals surface area contributed by atoms with Gasteiger partial charge in [-0.3, -0.25) is 0 Å². The van der Waals surface area contributed by atoms with E-state index in [0.29, 0.717) is 37.5 Å². The largest absolute Gasteiger partial charge is 0.463 e. The Kier molecular flexibility index (Phi) is 2.72. The van der Waals surface area contributed by atoms with Gasteiger partial charge < -0.3 is 9.47 Å². The van der Waals surface area contributed by atoms with Gasteiger partial charge in [0.2, 0.25) is 0 Å². The maximum absolute atomic E-state index is 5.51. The second-order valence-electron chi connectivity index (χ2n) is 3.93. The number of anilines is 1. The molecule has 1 aromatic rings. The minimum atomic E-state index is 0.409. The number of nitrogens with zero attached hydrogens (tertiary/aromatic N) is 3. The zero-order valence-corrected chi connectivity index (χ0v) is 9.87. The first-order chi connectivity index (χ1) is 8.84. The average Bonchev–Trinajstić information content (AvgIpc) is 3.04. The van der Waals surface area contributed by atoms with Gasteiger partial charge in [0.25, 0.3) is 0 Å². The molecule has 2 aliphatic heterocycles. The molecule has 5 heteroatoms. The molecular formula is C13H13N3O2. The van der Waals surface area contributed by atoms with Crippen molar-refractivity contribution in [3.63, 3.8) is 0 Å². The van der Waals surface area contributed by atoms with Crippen molar-refractivity contribution in [2.75, 3.05) is 24.7 Å². The van der Waals surface area contributed by atoms with E-state index in [-0.39, 0.29) is 0 Å². The Bertz CT molecular complexity index is 522. The molecule has 92 valence electrons. The second kappa shape index (κ2) is 4.52. The summed E-state index contributed by atoms with van der Waals surface area (Å²) in [6.07, 6.45) is 0. The number of hydrogen-bond acceptors (Lipinski definition) is 5. The van der Waals surface area contributed by atoms with Crippen molar-refractivity contribution < 1.29 is 9.47 Å². The van der Waals surface area contributed by atoms with Gasteiger partial charge in [0.1, 0.15) is 13.2 Å². The molecule has 0 unspecified atom stereocenters. The fourth-order valence-electron chi connectivity index (χ4n) is 1.80. The lowest BCUT2D eigenvalue weighted by Crippen LogP contribution is -2.37. The predicted octanol–water partition coefficient (Wildman–Crippen LogP) is 1.78. The first-order valence-electron chi connectivity index (χ1n) is 5.76. The van der Waals surface area contributed by atoms with Crippen LogP contribution in [0.15, 0.2) is 52.6 Å². The molecule has 2 aliphatic rings. The fraction of sp³-hybridized carbons (Fsp3) is 0.231. The highest BCUT2D eigenvalue weighted by molar-refractivity contribution is 6.14. The van der Waals surface area contributed by atoms with Crippen LogP contribution in [0.4, 0.5) is 5.69 Å². The van der Waals surface area contributed by atoms with E-state index in [2.05, 4.69) is 16.6 Å². The molecular weight excluding hydrogens is 230 g/mol. The van der Waals surface area contributed by atoms with E-state index < -0.39 is 0 Å². The third-order valence-electron chi connectivity index (χ3n) is 2.59. The molecule has 0 N–H and O–H groups in total. The average molecular weight is 243 g/mol. The van der Waals surface area contributed by atoms with Crippen molar-refractivity contribution in [1.82, 2.24) is 0 Å². The van der Waals surface area contributed by atoms with Crippen LogP contribution in [-0.2, 0) is 9.47 Å². The summed E-state index contributed by atoms with van der Waals surface area (Å²) < 4.78 is 11.0. The quantitative estimate of drug-likeness (QED) is 0.755. The van der Waals surface area contributed by atoms with E-state index in [1.165, 1.54) is 0 Å². The van der Waals surface area contributed by atoms with Crippen LogP contribution in [0.5, 0.6) is 0 Å². The van der Waals surface area contributed by atoms with Gasteiger partial charge in [0.05, 0.1) is 17.9 Å². The molecule has 0 aliphatic carbocycles. The van der Waals surface area contributed by atoms with E-state index in [9.17, 15) is 0 Å². The lowest BCUT2D eigenvalue weighted by molar-refractivity contribution is 0.330. The highest BCUT2D eigenvalue weighted by atomic mass is 16.5. The summed E-state index contributed by atoms with van der Waals surface area (Å²) in [6, 6.07) is 10.7. The number of ether oxygens (including phenoxy) is 2. The molecule has 5 nitrogen and oxygen atoms in total. The molecule has 0 saturated carbocycles. The van der Waals surface area contributed by atoms with Crippen molar-refractivity contribution >= 4 is 17.7 Å². The Hall–Kier alpha value is -2.30. The first kappa shape index (κ1) is 10.8. The van der Waals surface area contributed by atoms with Crippen LogP contribution in [0, 0.1) is 0 Å². The number of para-hydroxylation sites is 1. The summed E-state index contributed by atoms with van der Waals surface area (Å²) in [5, 5.41) is 0. The lowest BCUT2D eigenvalue weighted by Gasteiger charge is -2.21. The van der Waals surface area contributed by atoms with Crippen LogP contribution in [0.2, 0.25) is 0 Å². The number of rotatable bonds is 1. The maximum Gasteiger partial charge on any atom is 0.305 e. The standard InChI is InChI=1S/C13H13N3O2/c1-10-9-18-13(15-10)16(12-14-7-8-17-12)11-5-3-2-4-6-11/h2-6H,1,7-9H2. The lowest BCUT2D eigenvalue weighted by atomic mass is 10.3. The van der Waals surface area contributed by atoms with Gasteiger partial charge in [-0.15, -0.1) is 0 Å². The van der Waals surface area contributed by atoms with Crippen molar-refractivity contribution in [2.45, 2.75) is 0 Å². The van der Waals surface area contributed by atoms with E-state index in [1.54, 1.807) is 4.90 Å². The molecule has 2 heterocycles. The van der Waals surface area contributed by atoms with Crippen LogP contribution in [0.25, 0.3) is 0 Å². The van der Waals surface area contributed by atoms with Crippen LogP contribution in [-0.4, -0.2) is 31.8 Å².